The predicted octanol–water partition coefficient (Wildman–Crippen LogP) is 2.33. The zero-order valence-corrected chi connectivity index (χ0v) is 13.7. The van der Waals surface area contributed by atoms with Crippen molar-refractivity contribution in [3.05, 3.63) is 29.3 Å². The number of aliphatic carboxylic acids is 1. The Kier molecular flexibility index (Phi) is 5.92. The van der Waals surface area contributed by atoms with Crippen molar-refractivity contribution in [3.8, 4) is 0 Å². The molecule has 1 atom stereocenters. The lowest BCUT2D eigenvalue weighted by Gasteiger charge is -2.16. The molecule has 0 heterocycles. The van der Waals surface area contributed by atoms with Crippen LogP contribution in [0.4, 0.5) is 0 Å². The summed E-state index contributed by atoms with van der Waals surface area (Å²) in [6.07, 6.45) is 0.435. The second kappa shape index (κ2) is 7.04. The van der Waals surface area contributed by atoms with E-state index < -0.39 is 21.9 Å². The number of benzene rings is 1. The lowest BCUT2D eigenvalue weighted by atomic mass is 9.98. The van der Waals surface area contributed by atoms with Gasteiger partial charge in [-0.1, -0.05) is 31.5 Å². The summed E-state index contributed by atoms with van der Waals surface area (Å²) in [4.78, 5) is 11.4. The summed E-state index contributed by atoms with van der Waals surface area (Å²) in [6.45, 7) is 7.34. The quantitative estimate of drug-likeness (QED) is 0.809. The molecule has 1 aromatic carbocycles. The van der Waals surface area contributed by atoms with Gasteiger partial charge in [0, 0.05) is 6.54 Å². The Morgan fingerprint density at radius 3 is 2.38 bits per heavy atom. The molecule has 0 aliphatic heterocycles. The van der Waals surface area contributed by atoms with E-state index in [1.807, 2.05) is 20.8 Å². The van der Waals surface area contributed by atoms with E-state index in [2.05, 4.69) is 4.72 Å². The van der Waals surface area contributed by atoms with Crippen molar-refractivity contribution >= 4 is 16.0 Å². The molecule has 0 saturated carbocycles. The van der Waals surface area contributed by atoms with Crippen LogP contribution in [0.25, 0.3) is 0 Å². The molecule has 1 aromatic rings. The largest absolute Gasteiger partial charge is 0.481 e. The van der Waals surface area contributed by atoms with Gasteiger partial charge < -0.3 is 5.11 Å². The Hall–Kier alpha value is -1.40. The van der Waals surface area contributed by atoms with Crippen LogP contribution in [0, 0.1) is 25.7 Å². The second-order valence-corrected chi connectivity index (χ2v) is 7.52. The van der Waals surface area contributed by atoms with Crippen LogP contribution >= 0.6 is 0 Å². The van der Waals surface area contributed by atoms with E-state index in [4.69, 9.17) is 5.11 Å². The molecule has 1 unspecified atom stereocenters. The molecule has 0 bridgehead atoms. The van der Waals surface area contributed by atoms with E-state index >= 15 is 0 Å². The maximum absolute atomic E-state index is 12.3. The van der Waals surface area contributed by atoms with Crippen molar-refractivity contribution in [3.63, 3.8) is 0 Å². The van der Waals surface area contributed by atoms with Gasteiger partial charge in [0.05, 0.1) is 10.8 Å². The molecule has 5 nitrogen and oxygen atoms in total. The third-order valence-corrected chi connectivity index (χ3v) is 4.83. The number of carbonyl (C=O) groups is 1. The third kappa shape index (κ3) is 5.13. The van der Waals surface area contributed by atoms with Gasteiger partial charge >= 0.3 is 5.97 Å². The van der Waals surface area contributed by atoms with Crippen LogP contribution in [0.2, 0.25) is 0 Å². The first kappa shape index (κ1) is 17.7. The molecule has 118 valence electrons. The third-order valence-electron chi connectivity index (χ3n) is 3.24. The van der Waals surface area contributed by atoms with Crippen LogP contribution in [0.5, 0.6) is 0 Å². The predicted molar refractivity (Wildman–Crippen MR) is 81.7 cm³/mol. The summed E-state index contributed by atoms with van der Waals surface area (Å²) in [6, 6.07) is 5.06. The highest BCUT2D eigenvalue weighted by molar-refractivity contribution is 7.89. The lowest BCUT2D eigenvalue weighted by Crippen LogP contribution is -2.34. The summed E-state index contributed by atoms with van der Waals surface area (Å²) in [5.74, 6) is -1.51. The first-order chi connectivity index (χ1) is 9.63. The molecule has 0 spiro atoms. The minimum Gasteiger partial charge on any atom is -0.481 e. The van der Waals surface area contributed by atoms with Crippen LogP contribution in [0.1, 0.15) is 31.4 Å². The molecule has 0 fully saturated rings. The molecule has 0 saturated heterocycles. The first-order valence-corrected chi connectivity index (χ1v) is 8.41. The normalized spacial score (nSPS) is 13.4. The monoisotopic (exact) mass is 313 g/mol. The van der Waals surface area contributed by atoms with Crippen molar-refractivity contribution in [1.29, 1.82) is 0 Å². The van der Waals surface area contributed by atoms with Gasteiger partial charge in [-0.05, 0) is 37.8 Å². The maximum atomic E-state index is 12.3. The SMILES string of the molecule is Cc1ccc(S(=O)(=O)NCC(CC(C)C)C(=O)O)c(C)c1. The molecule has 6 heteroatoms. The van der Waals surface area contributed by atoms with Crippen LogP contribution in [-0.2, 0) is 14.8 Å². The Labute approximate surface area is 126 Å². The van der Waals surface area contributed by atoms with Crippen LogP contribution in [0.3, 0.4) is 0 Å². The van der Waals surface area contributed by atoms with E-state index in [1.54, 1.807) is 25.1 Å². The fourth-order valence-corrected chi connectivity index (χ4v) is 3.54. The summed E-state index contributed by atoms with van der Waals surface area (Å²) in [7, 11) is -3.69. The smallest absolute Gasteiger partial charge is 0.307 e. The highest BCUT2D eigenvalue weighted by Crippen LogP contribution is 2.17. The fourth-order valence-electron chi connectivity index (χ4n) is 2.23. The number of hydrogen-bond acceptors (Lipinski definition) is 3. The molecule has 0 aromatic heterocycles. The maximum Gasteiger partial charge on any atom is 0.307 e. The Bertz CT molecular complexity index is 608. The summed E-state index contributed by atoms with van der Waals surface area (Å²) in [5.41, 5.74) is 1.63. The molecule has 0 aliphatic carbocycles. The van der Waals surface area contributed by atoms with E-state index in [0.717, 1.165) is 5.56 Å². The van der Waals surface area contributed by atoms with Gasteiger partial charge in [0.1, 0.15) is 0 Å². The zero-order valence-electron chi connectivity index (χ0n) is 12.9. The van der Waals surface area contributed by atoms with Gasteiger partial charge in [-0.25, -0.2) is 13.1 Å². The van der Waals surface area contributed by atoms with Crippen LogP contribution in [0.15, 0.2) is 23.1 Å². The van der Waals surface area contributed by atoms with Gasteiger partial charge in [0.2, 0.25) is 10.0 Å². The molecular weight excluding hydrogens is 290 g/mol. The van der Waals surface area contributed by atoms with Gasteiger partial charge in [-0.3, -0.25) is 4.79 Å². The minimum absolute atomic E-state index is 0.0941. The van der Waals surface area contributed by atoms with Crippen molar-refractivity contribution in [2.45, 2.75) is 39.0 Å². The molecule has 2 N–H and O–H groups in total. The van der Waals surface area contributed by atoms with Crippen LogP contribution < -0.4 is 4.72 Å². The zero-order chi connectivity index (χ0) is 16.2. The van der Waals surface area contributed by atoms with Gasteiger partial charge in [-0.2, -0.15) is 0 Å². The standard InChI is InChI=1S/C15H23NO4S/c1-10(2)7-13(15(17)18)9-16-21(19,20)14-6-5-11(3)8-12(14)4/h5-6,8,10,13,16H,7,9H2,1-4H3,(H,17,18). The van der Waals surface area contributed by atoms with Crippen LogP contribution in [-0.4, -0.2) is 26.0 Å². The lowest BCUT2D eigenvalue weighted by molar-refractivity contribution is -0.142. The topological polar surface area (TPSA) is 83.5 Å². The molecular formula is C15H23NO4S. The second-order valence-electron chi connectivity index (χ2n) is 5.79. The van der Waals surface area contributed by atoms with E-state index in [9.17, 15) is 13.2 Å². The van der Waals surface area contributed by atoms with E-state index in [1.165, 1.54) is 0 Å². The highest BCUT2D eigenvalue weighted by Gasteiger charge is 2.23. The Morgan fingerprint density at radius 1 is 1.29 bits per heavy atom. The number of nitrogens with one attached hydrogen (secondary N) is 1. The van der Waals surface area contributed by atoms with Crippen molar-refractivity contribution in [1.82, 2.24) is 4.72 Å². The van der Waals surface area contributed by atoms with Gasteiger partial charge in [-0.15, -0.1) is 0 Å². The molecule has 1 rings (SSSR count). The average Bonchev–Trinajstić information content (AvgIpc) is 2.33. The molecule has 0 aliphatic rings. The minimum atomic E-state index is -3.69. The summed E-state index contributed by atoms with van der Waals surface area (Å²) < 4.78 is 27.0. The first-order valence-electron chi connectivity index (χ1n) is 6.93. The van der Waals surface area contributed by atoms with Gasteiger partial charge in [0.15, 0.2) is 0 Å². The Morgan fingerprint density at radius 2 is 1.90 bits per heavy atom. The number of sulfonamides is 1. The number of aryl methyl sites for hydroxylation is 2. The Balaban J connectivity index is 2.87. The number of carboxylic acid groups (broad SMARTS) is 1. The molecule has 0 radical (unpaired) electrons. The van der Waals surface area contributed by atoms with E-state index in [-0.39, 0.29) is 17.4 Å². The van der Waals surface area contributed by atoms with Crippen molar-refractivity contribution < 1.29 is 18.3 Å². The summed E-state index contributed by atoms with van der Waals surface area (Å²) >= 11 is 0. The highest BCUT2D eigenvalue weighted by atomic mass is 32.2. The fraction of sp³-hybridized carbons (Fsp3) is 0.533. The average molecular weight is 313 g/mol. The van der Waals surface area contributed by atoms with Crippen molar-refractivity contribution in [2.24, 2.45) is 11.8 Å². The summed E-state index contributed by atoms with van der Waals surface area (Å²) in [5, 5.41) is 9.15. The number of carboxylic acids is 1. The number of rotatable bonds is 7. The van der Waals surface area contributed by atoms with Gasteiger partial charge in [0.25, 0.3) is 0 Å². The van der Waals surface area contributed by atoms with Crippen molar-refractivity contribution in [2.75, 3.05) is 6.54 Å². The molecule has 0 amide bonds. The van der Waals surface area contributed by atoms with E-state index in [0.29, 0.717) is 12.0 Å². The number of hydrogen-bond donors (Lipinski definition) is 2. The molecule has 21 heavy (non-hydrogen) atoms.